The molecule has 0 saturated carbocycles. The Bertz CT molecular complexity index is 604. The molecule has 2 aromatic heterocycles. The number of rotatable bonds is 5. The van der Waals surface area contributed by atoms with Crippen molar-refractivity contribution in [2.75, 3.05) is 13.1 Å². The van der Waals surface area contributed by atoms with Crippen LogP contribution >= 0.6 is 15.9 Å². The van der Waals surface area contributed by atoms with E-state index >= 15 is 0 Å². The van der Waals surface area contributed by atoms with Gasteiger partial charge in [0.1, 0.15) is 5.69 Å². The van der Waals surface area contributed by atoms with Crippen LogP contribution in [0.2, 0.25) is 0 Å². The zero-order valence-corrected chi connectivity index (χ0v) is 14.5. The summed E-state index contributed by atoms with van der Waals surface area (Å²) >= 11 is 3.51. The van der Waals surface area contributed by atoms with Crippen LogP contribution < -0.4 is 5.32 Å². The third kappa shape index (κ3) is 3.66. The first kappa shape index (κ1) is 16.0. The molecule has 0 radical (unpaired) electrons. The number of pyridine rings is 1. The van der Waals surface area contributed by atoms with Gasteiger partial charge < -0.3 is 5.32 Å². The average Bonchev–Trinajstić information content (AvgIpc) is 2.44. The van der Waals surface area contributed by atoms with E-state index in [0.717, 1.165) is 34.6 Å². The molecule has 0 saturated heterocycles. The van der Waals surface area contributed by atoms with Crippen molar-refractivity contribution >= 4 is 15.9 Å². The zero-order chi connectivity index (χ0) is 15.4. The summed E-state index contributed by atoms with van der Waals surface area (Å²) in [6.07, 6.45) is 1.76. The maximum absolute atomic E-state index is 4.66. The molecule has 0 aliphatic carbocycles. The highest BCUT2D eigenvalue weighted by Crippen LogP contribution is 2.27. The Morgan fingerprint density at radius 1 is 1.24 bits per heavy atom. The lowest BCUT2D eigenvalue weighted by atomic mass is 9.98. The topological polar surface area (TPSA) is 50.7 Å². The molecule has 0 fully saturated rings. The third-order valence-electron chi connectivity index (χ3n) is 3.49. The van der Waals surface area contributed by atoms with Crippen LogP contribution in [-0.4, -0.2) is 28.0 Å². The van der Waals surface area contributed by atoms with Gasteiger partial charge in [-0.1, -0.05) is 13.8 Å². The Labute approximate surface area is 134 Å². The van der Waals surface area contributed by atoms with E-state index in [4.69, 9.17) is 0 Å². The van der Waals surface area contributed by atoms with E-state index in [1.54, 1.807) is 6.20 Å². The van der Waals surface area contributed by atoms with Gasteiger partial charge >= 0.3 is 0 Å². The molecular weight excluding hydrogens is 328 g/mol. The Morgan fingerprint density at radius 3 is 2.48 bits per heavy atom. The van der Waals surface area contributed by atoms with Crippen molar-refractivity contribution in [3.8, 4) is 11.5 Å². The van der Waals surface area contributed by atoms with Crippen molar-refractivity contribution in [1.29, 1.82) is 0 Å². The van der Waals surface area contributed by atoms with Crippen molar-refractivity contribution in [3.05, 3.63) is 39.8 Å². The van der Waals surface area contributed by atoms with Gasteiger partial charge in [-0.3, -0.25) is 4.98 Å². The quantitative estimate of drug-likeness (QED) is 0.896. The normalized spacial score (nSPS) is 12.4. The highest BCUT2D eigenvalue weighted by molar-refractivity contribution is 9.10. The van der Waals surface area contributed by atoms with Gasteiger partial charge in [0, 0.05) is 28.6 Å². The number of halogens is 1. The lowest BCUT2D eigenvalue weighted by molar-refractivity contribution is 0.624. The molecule has 4 nitrogen and oxygen atoms in total. The van der Waals surface area contributed by atoms with E-state index in [9.17, 15) is 0 Å². The minimum atomic E-state index is 0.395. The van der Waals surface area contributed by atoms with E-state index in [2.05, 4.69) is 50.0 Å². The maximum Gasteiger partial charge on any atom is 0.179 e. The molecule has 0 aromatic carbocycles. The molecule has 0 aliphatic rings. The van der Waals surface area contributed by atoms with Gasteiger partial charge in [0.15, 0.2) is 5.82 Å². The predicted octanol–water partition coefficient (Wildman–Crippen LogP) is 3.63. The lowest BCUT2D eigenvalue weighted by Gasteiger charge is -2.17. The monoisotopic (exact) mass is 348 g/mol. The summed E-state index contributed by atoms with van der Waals surface area (Å²) < 4.78 is 0.914. The summed E-state index contributed by atoms with van der Waals surface area (Å²) in [7, 11) is 0. The van der Waals surface area contributed by atoms with Crippen LogP contribution in [0, 0.1) is 13.8 Å². The number of likely N-dealkylation sites (N-methyl/N-ethyl adjacent to an activating group) is 1. The number of nitrogens with one attached hydrogen (secondary N) is 1. The predicted molar refractivity (Wildman–Crippen MR) is 89.4 cm³/mol. The first-order valence-corrected chi connectivity index (χ1v) is 8.00. The van der Waals surface area contributed by atoms with Crippen LogP contribution in [0.15, 0.2) is 22.8 Å². The molecule has 0 aliphatic heterocycles. The SMILES string of the molecule is CCNCC(C)c1c(C)nc(-c2ncccc2Br)nc1C. The highest BCUT2D eigenvalue weighted by atomic mass is 79.9. The summed E-state index contributed by atoms with van der Waals surface area (Å²) in [5.41, 5.74) is 4.07. The van der Waals surface area contributed by atoms with Gasteiger partial charge in [-0.25, -0.2) is 9.97 Å². The number of hydrogen-bond donors (Lipinski definition) is 1. The van der Waals surface area contributed by atoms with Gasteiger partial charge in [-0.05, 0) is 59.9 Å². The van der Waals surface area contributed by atoms with Crippen molar-refractivity contribution in [1.82, 2.24) is 20.3 Å². The van der Waals surface area contributed by atoms with Crippen molar-refractivity contribution in [2.24, 2.45) is 0 Å². The van der Waals surface area contributed by atoms with Crippen LogP contribution in [0.1, 0.15) is 36.7 Å². The molecule has 0 spiro atoms. The molecule has 2 rings (SSSR count). The van der Waals surface area contributed by atoms with Crippen LogP contribution in [-0.2, 0) is 0 Å². The molecule has 112 valence electrons. The first-order chi connectivity index (χ1) is 10.0. The maximum atomic E-state index is 4.66. The van der Waals surface area contributed by atoms with Crippen LogP contribution in [0.25, 0.3) is 11.5 Å². The minimum absolute atomic E-state index is 0.395. The van der Waals surface area contributed by atoms with Gasteiger partial charge in [-0.2, -0.15) is 0 Å². The van der Waals surface area contributed by atoms with Crippen molar-refractivity contribution in [2.45, 2.75) is 33.6 Å². The zero-order valence-electron chi connectivity index (χ0n) is 12.9. The Balaban J connectivity index is 2.40. The fraction of sp³-hybridized carbons (Fsp3) is 0.438. The third-order valence-corrected chi connectivity index (χ3v) is 4.13. The molecule has 1 atom stereocenters. The lowest BCUT2D eigenvalue weighted by Crippen LogP contribution is -2.21. The number of hydrogen-bond acceptors (Lipinski definition) is 4. The van der Waals surface area contributed by atoms with E-state index in [0.29, 0.717) is 11.7 Å². The van der Waals surface area contributed by atoms with Gasteiger partial charge in [0.25, 0.3) is 0 Å². The number of aromatic nitrogens is 3. The van der Waals surface area contributed by atoms with Gasteiger partial charge in [-0.15, -0.1) is 0 Å². The summed E-state index contributed by atoms with van der Waals surface area (Å²) in [4.78, 5) is 13.7. The van der Waals surface area contributed by atoms with E-state index in [1.165, 1.54) is 5.56 Å². The Hall–Kier alpha value is -1.33. The Morgan fingerprint density at radius 2 is 1.90 bits per heavy atom. The van der Waals surface area contributed by atoms with E-state index in [-0.39, 0.29) is 0 Å². The second-order valence-electron chi connectivity index (χ2n) is 5.17. The minimum Gasteiger partial charge on any atom is -0.316 e. The summed E-state index contributed by atoms with van der Waals surface area (Å²) in [5.74, 6) is 1.07. The summed E-state index contributed by atoms with van der Waals surface area (Å²) in [5, 5.41) is 3.38. The van der Waals surface area contributed by atoms with Gasteiger partial charge in [0.05, 0.1) is 0 Å². The fourth-order valence-electron chi connectivity index (χ4n) is 2.56. The van der Waals surface area contributed by atoms with E-state index < -0.39 is 0 Å². The molecule has 2 heterocycles. The largest absolute Gasteiger partial charge is 0.316 e. The second-order valence-corrected chi connectivity index (χ2v) is 6.03. The molecule has 21 heavy (non-hydrogen) atoms. The standard InChI is InChI=1S/C16H21BrN4/c1-5-18-9-10(2)14-11(3)20-16(21-12(14)4)15-13(17)7-6-8-19-15/h6-8,10,18H,5,9H2,1-4H3. The van der Waals surface area contributed by atoms with Crippen molar-refractivity contribution < 1.29 is 0 Å². The van der Waals surface area contributed by atoms with E-state index in [1.807, 2.05) is 26.0 Å². The molecular formula is C16H21BrN4. The molecule has 5 heteroatoms. The summed E-state index contributed by atoms with van der Waals surface area (Å²) in [6.45, 7) is 10.3. The van der Waals surface area contributed by atoms with Gasteiger partial charge in [0.2, 0.25) is 0 Å². The smallest absolute Gasteiger partial charge is 0.179 e. The fourth-order valence-corrected chi connectivity index (χ4v) is 2.99. The molecule has 1 unspecified atom stereocenters. The first-order valence-electron chi connectivity index (χ1n) is 7.21. The second kappa shape index (κ2) is 7.09. The molecule has 2 aromatic rings. The van der Waals surface area contributed by atoms with Crippen molar-refractivity contribution in [3.63, 3.8) is 0 Å². The van der Waals surface area contributed by atoms with Crippen LogP contribution in [0.3, 0.4) is 0 Å². The molecule has 0 amide bonds. The van der Waals surface area contributed by atoms with Crippen LogP contribution in [0.4, 0.5) is 0 Å². The molecule has 0 bridgehead atoms. The number of nitrogens with zero attached hydrogens (tertiary/aromatic N) is 3. The molecule has 1 N–H and O–H groups in total. The van der Waals surface area contributed by atoms with Crippen LogP contribution in [0.5, 0.6) is 0 Å². The number of aryl methyl sites for hydroxylation is 2. The average molecular weight is 349 g/mol. The summed E-state index contributed by atoms with van der Waals surface area (Å²) in [6, 6.07) is 3.85. The highest BCUT2D eigenvalue weighted by Gasteiger charge is 2.17. The Kier molecular flexibility index (Phi) is 5.42.